The Morgan fingerprint density at radius 1 is 1.39 bits per heavy atom. The van der Waals surface area contributed by atoms with E-state index in [0.717, 1.165) is 6.07 Å². The van der Waals surface area contributed by atoms with Crippen LogP contribution in [0, 0.1) is 0 Å². The van der Waals surface area contributed by atoms with Crippen LogP contribution in [0.2, 0.25) is 0 Å². The van der Waals surface area contributed by atoms with Crippen LogP contribution >= 0.6 is 0 Å². The smallest absolute Gasteiger partial charge is 0.368 e. The molecule has 0 bridgehead atoms. The lowest BCUT2D eigenvalue weighted by molar-refractivity contribution is -0.139. The zero-order chi connectivity index (χ0) is 16.4. The highest BCUT2D eigenvalue weighted by atomic mass is 19.4. The molecule has 124 valence electrons. The number of nitrogens with zero attached hydrogens (tertiary/aromatic N) is 5. The number of morpholine rings is 1. The van der Waals surface area contributed by atoms with Gasteiger partial charge < -0.3 is 9.30 Å². The number of alkyl halides is 3. The highest BCUT2D eigenvalue weighted by Crippen LogP contribution is 2.32. The van der Waals surface area contributed by atoms with Crippen LogP contribution < -0.4 is 0 Å². The Kier molecular flexibility index (Phi) is 4.31. The van der Waals surface area contributed by atoms with Crippen molar-refractivity contribution < 1.29 is 17.9 Å². The first-order chi connectivity index (χ1) is 10.9. The Morgan fingerprint density at radius 3 is 2.91 bits per heavy atom. The summed E-state index contributed by atoms with van der Waals surface area (Å²) in [6.07, 6.45) is -1.77. The second-order valence-corrected chi connectivity index (χ2v) is 5.39. The molecule has 0 radical (unpaired) electrons. The largest absolute Gasteiger partial charge is 0.418 e. The Morgan fingerprint density at radius 2 is 2.22 bits per heavy atom. The lowest BCUT2D eigenvalue weighted by atomic mass is 10.1. The van der Waals surface area contributed by atoms with Gasteiger partial charge in [0.2, 0.25) is 0 Å². The van der Waals surface area contributed by atoms with Crippen molar-refractivity contribution in [1.82, 2.24) is 24.6 Å². The van der Waals surface area contributed by atoms with Crippen molar-refractivity contribution in [3.63, 3.8) is 0 Å². The number of hydrogen-bond acceptors (Lipinski definition) is 5. The van der Waals surface area contributed by atoms with Crippen molar-refractivity contribution in [3.8, 4) is 0 Å². The molecule has 6 nitrogen and oxygen atoms in total. The molecule has 3 heterocycles. The van der Waals surface area contributed by atoms with Gasteiger partial charge in [0, 0.05) is 32.9 Å². The average molecular weight is 327 g/mol. The molecule has 2 aromatic rings. The highest BCUT2D eigenvalue weighted by molar-refractivity contribution is 5.23. The molecule has 0 aliphatic carbocycles. The summed E-state index contributed by atoms with van der Waals surface area (Å²) in [4.78, 5) is 5.80. The van der Waals surface area contributed by atoms with Gasteiger partial charge in [0.15, 0.2) is 5.82 Å². The molecule has 23 heavy (non-hydrogen) atoms. The molecule has 0 saturated carbocycles. The number of halogens is 3. The van der Waals surface area contributed by atoms with E-state index in [-0.39, 0.29) is 18.3 Å². The Hall–Kier alpha value is -2.00. The van der Waals surface area contributed by atoms with Crippen LogP contribution in [0.4, 0.5) is 13.2 Å². The van der Waals surface area contributed by atoms with Crippen LogP contribution in [0.25, 0.3) is 0 Å². The fourth-order valence-corrected chi connectivity index (χ4v) is 2.62. The molecule has 2 aromatic heterocycles. The number of rotatable bonds is 3. The minimum Gasteiger partial charge on any atom is -0.368 e. The topological polar surface area (TPSA) is 56.1 Å². The van der Waals surface area contributed by atoms with Gasteiger partial charge in [-0.25, -0.2) is 0 Å². The average Bonchev–Trinajstić information content (AvgIpc) is 2.93. The predicted molar refractivity (Wildman–Crippen MR) is 74.2 cm³/mol. The molecule has 0 aromatic carbocycles. The van der Waals surface area contributed by atoms with Crippen LogP contribution in [0.3, 0.4) is 0 Å². The molecular formula is C14H16F3N5O. The second kappa shape index (κ2) is 6.25. The molecule has 1 saturated heterocycles. The van der Waals surface area contributed by atoms with Crippen molar-refractivity contribution in [1.29, 1.82) is 0 Å². The summed E-state index contributed by atoms with van der Waals surface area (Å²) in [5.41, 5.74) is -0.666. The van der Waals surface area contributed by atoms with E-state index in [2.05, 4.69) is 15.2 Å². The fourth-order valence-electron chi connectivity index (χ4n) is 2.62. The molecule has 1 unspecified atom stereocenters. The Labute approximate surface area is 130 Å². The standard InChI is InChI=1S/C14H16F3N5O/c1-21-9-19-20-13(21)12-8-22(5-6-23-12)7-11-10(14(15,16)17)3-2-4-18-11/h2-4,9,12H,5-8H2,1H3. The molecule has 3 rings (SSSR count). The van der Waals surface area contributed by atoms with Gasteiger partial charge in [-0.1, -0.05) is 0 Å². The number of hydrogen-bond donors (Lipinski definition) is 0. The molecule has 1 atom stereocenters. The van der Waals surface area contributed by atoms with E-state index in [0.29, 0.717) is 25.5 Å². The van der Waals surface area contributed by atoms with E-state index in [1.54, 1.807) is 17.9 Å². The van der Waals surface area contributed by atoms with Crippen molar-refractivity contribution in [3.05, 3.63) is 41.7 Å². The lowest BCUT2D eigenvalue weighted by Gasteiger charge is -2.32. The first kappa shape index (κ1) is 15.9. The van der Waals surface area contributed by atoms with Crippen LogP contribution in [0.1, 0.15) is 23.2 Å². The van der Waals surface area contributed by atoms with E-state index in [1.807, 2.05) is 4.90 Å². The monoisotopic (exact) mass is 327 g/mol. The molecule has 1 aliphatic rings. The van der Waals surface area contributed by atoms with Crippen molar-refractivity contribution in [2.24, 2.45) is 7.05 Å². The molecular weight excluding hydrogens is 311 g/mol. The van der Waals surface area contributed by atoms with E-state index in [1.165, 1.54) is 12.3 Å². The summed E-state index contributed by atoms with van der Waals surface area (Å²) in [5.74, 6) is 0.659. The summed E-state index contributed by atoms with van der Waals surface area (Å²) in [6, 6.07) is 2.36. The zero-order valence-electron chi connectivity index (χ0n) is 12.5. The van der Waals surface area contributed by atoms with Gasteiger partial charge in [-0.15, -0.1) is 10.2 Å². The molecule has 1 aliphatic heterocycles. The third-order valence-corrected chi connectivity index (χ3v) is 3.75. The number of pyridine rings is 1. The number of ether oxygens (including phenoxy) is 1. The second-order valence-electron chi connectivity index (χ2n) is 5.39. The van der Waals surface area contributed by atoms with Crippen LogP contribution in [0.5, 0.6) is 0 Å². The molecule has 0 spiro atoms. The predicted octanol–water partition coefficient (Wildman–Crippen LogP) is 1.80. The first-order valence-electron chi connectivity index (χ1n) is 7.14. The van der Waals surface area contributed by atoms with Crippen LogP contribution in [0.15, 0.2) is 24.7 Å². The molecule has 1 fully saturated rings. The third-order valence-electron chi connectivity index (χ3n) is 3.75. The number of aryl methyl sites for hydroxylation is 1. The van der Waals surface area contributed by atoms with E-state index in [9.17, 15) is 13.2 Å². The summed E-state index contributed by atoms with van der Waals surface area (Å²) < 4.78 is 46.6. The Bertz CT molecular complexity index is 672. The zero-order valence-corrected chi connectivity index (χ0v) is 12.5. The minimum absolute atomic E-state index is 0.0265. The maximum Gasteiger partial charge on any atom is 0.418 e. The van der Waals surface area contributed by atoms with Gasteiger partial charge in [0.1, 0.15) is 12.4 Å². The summed E-state index contributed by atoms with van der Waals surface area (Å²) >= 11 is 0. The van der Waals surface area contributed by atoms with Gasteiger partial charge >= 0.3 is 6.18 Å². The maximum atomic E-state index is 13.1. The van der Waals surface area contributed by atoms with E-state index >= 15 is 0 Å². The Balaban J connectivity index is 1.75. The maximum absolute atomic E-state index is 13.1. The van der Waals surface area contributed by atoms with Crippen molar-refractivity contribution >= 4 is 0 Å². The quantitative estimate of drug-likeness (QED) is 0.860. The normalized spacial score (nSPS) is 19.9. The van der Waals surface area contributed by atoms with Gasteiger partial charge in [-0.3, -0.25) is 9.88 Å². The van der Waals surface area contributed by atoms with Gasteiger partial charge in [0.25, 0.3) is 0 Å². The first-order valence-corrected chi connectivity index (χ1v) is 7.14. The van der Waals surface area contributed by atoms with Crippen molar-refractivity contribution in [2.45, 2.75) is 18.8 Å². The molecule has 0 amide bonds. The minimum atomic E-state index is -4.40. The van der Waals surface area contributed by atoms with Crippen molar-refractivity contribution in [2.75, 3.05) is 19.7 Å². The highest BCUT2D eigenvalue weighted by Gasteiger charge is 2.35. The van der Waals surface area contributed by atoms with Gasteiger partial charge in [-0.05, 0) is 12.1 Å². The van der Waals surface area contributed by atoms with Crippen LogP contribution in [-0.4, -0.2) is 44.3 Å². The van der Waals surface area contributed by atoms with Gasteiger partial charge in [-0.2, -0.15) is 13.2 Å². The molecule has 0 N–H and O–H groups in total. The summed E-state index contributed by atoms with van der Waals surface area (Å²) in [7, 11) is 1.80. The SMILES string of the molecule is Cn1cnnc1C1CN(Cc2ncccc2C(F)(F)F)CCO1. The third kappa shape index (κ3) is 3.50. The van der Waals surface area contributed by atoms with Crippen LogP contribution in [-0.2, 0) is 24.5 Å². The summed E-state index contributed by atoms with van der Waals surface area (Å²) in [6.45, 7) is 1.53. The number of aromatic nitrogens is 4. The summed E-state index contributed by atoms with van der Waals surface area (Å²) in [5, 5.41) is 7.81. The van der Waals surface area contributed by atoms with Gasteiger partial charge in [0.05, 0.1) is 17.9 Å². The lowest BCUT2D eigenvalue weighted by Crippen LogP contribution is -2.39. The molecule has 9 heteroatoms. The fraction of sp³-hybridized carbons (Fsp3) is 0.500. The van der Waals surface area contributed by atoms with E-state index < -0.39 is 11.7 Å². The van der Waals surface area contributed by atoms with E-state index in [4.69, 9.17) is 4.74 Å².